The van der Waals surface area contributed by atoms with Crippen LogP contribution < -0.4 is 16.0 Å². The maximum atomic E-state index is 12.6. The molecule has 0 saturated carbocycles. The molecule has 6 nitrogen and oxygen atoms in total. The Morgan fingerprint density at radius 1 is 0.897 bits per heavy atom. The van der Waals surface area contributed by atoms with Crippen LogP contribution in [0.25, 0.3) is 0 Å². The minimum absolute atomic E-state index is 0.0793. The summed E-state index contributed by atoms with van der Waals surface area (Å²) >= 11 is 0. The third kappa shape index (κ3) is 9.11. The maximum absolute atomic E-state index is 12.6. The predicted molar refractivity (Wildman–Crippen MR) is 118 cm³/mol. The summed E-state index contributed by atoms with van der Waals surface area (Å²) in [6.45, 7) is 11.7. The van der Waals surface area contributed by atoms with Crippen molar-refractivity contribution in [2.24, 2.45) is 11.8 Å². The number of amides is 3. The van der Waals surface area contributed by atoms with Crippen LogP contribution in [0.3, 0.4) is 0 Å². The molecule has 0 aliphatic heterocycles. The third-order valence-electron chi connectivity index (χ3n) is 4.64. The Balaban J connectivity index is 2.62. The fraction of sp³-hybridized carbons (Fsp3) is 0.609. The molecule has 29 heavy (non-hydrogen) atoms. The Labute approximate surface area is 175 Å². The summed E-state index contributed by atoms with van der Waals surface area (Å²) in [5, 5.41) is 8.32. The van der Waals surface area contributed by atoms with E-state index in [1.165, 1.54) is 5.56 Å². The molecule has 0 aliphatic rings. The van der Waals surface area contributed by atoms with Crippen molar-refractivity contribution >= 4 is 23.4 Å². The van der Waals surface area contributed by atoms with Crippen LogP contribution in [-0.4, -0.2) is 29.8 Å². The van der Waals surface area contributed by atoms with Crippen molar-refractivity contribution in [3.8, 4) is 0 Å². The first-order chi connectivity index (χ1) is 13.6. The fourth-order valence-electron chi connectivity index (χ4n) is 2.93. The van der Waals surface area contributed by atoms with E-state index in [1.54, 1.807) is 6.92 Å². The Morgan fingerprint density at radius 2 is 1.52 bits per heavy atom. The van der Waals surface area contributed by atoms with Crippen LogP contribution in [-0.2, 0) is 20.8 Å². The summed E-state index contributed by atoms with van der Waals surface area (Å²) in [5.74, 6) is -0.291. The van der Waals surface area contributed by atoms with E-state index in [1.807, 2.05) is 45.0 Å². The molecule has 1 aromatic carbocycles. The Morgan fingerprint density at radius 3 is 2.03 bits per heavy atom. The molecule has 1 aromatic rings. The molecule has 0 radical (unpaired) electrons. The predicted octanol–water partition coefficient (Wildman–Crippen LogP) is 3.66. The monoisotopic (exact) mass is 403 g/mol. The standard InChI is InChI=1S/C23H37N3O3/c1-7-8-9-20(27)26-21(16(4)5)23(29)24-17(6)22(28)25-19-12-10-18(11-13-19)14-15(2)3/h10-13,15-17,21H,7-9,14H2,1-6H3,(H,24,29)(H,25,28)(H,26,27)/t17-,21?/m0/s1. The number of rotatable bonds is 11. The third-order valence-corrected chi connectivity index (χ3v) is 4.64. The molecule has 0 spiro atoms. The molecular formula is C23H37N3O3. The Hall–Kier alpha value is -2.37. The molecule has 2 atom stereocenters. The zero-order valence-corrected chi connectivity index (χ0v) is 18.7. The van der Waals surface area contributed by atoms with Gasteiger partial charge in [-0.25, -0.2) is 0 Å². The molecule has 1 rings (SSSR count). The minimum atomic E-state index is -0.716. The van der Waals surface area contributed by atoms with Crippen LogP contribution >= 0.6 is 0 Å². The first-order valence-corrected chi connectivity index (χ1v) is 10.6. The average Bonchev–Trinajstić information content (AvgIpc) is 2.65. The number of hydrogen-bond donors (Lipinski definition) is 3. The van der Waals surface area contributed by atoms with Crippen molar-refractivity contribution in [3.05, 3.63) is 29.8 Å². The number of hydrogen-bond acceptors (Lipinski definition) is 3. The molecule has 0 fully saturated rings. The van der Waals surface area contributed by atoms with Gasteiger partial charge in [0.05, 0.1) is 0 Å². The van der Waals surface area contributed by atoms with Crippen LogP contribution in [0.1, 0.15) is 66.4 Å². The van der Waals surface area contributed by atoms with E-state index in [0.29, 0.717) is 18.0 Å². The first-order valence-electron chi connectivity index (χ1n) is 10.6. The number of carbonyl (C=O) groups excluding carboxylic acids is 3. The van der Waals surface area contributed by atoms with Gasteiger partial charge >= 0.3 is 0 Å². The van der Waals surface area contributed by atoms with E-state index in [4.69, 9.17) is 0 Å². The quantitative estimate of drug-likeness (QED) is 0.527. The topological polar surface area (TPSA) is 87.3 Å². The molecule has 0 bridgehead atoms. The smallest absolute Gasteiger partial charge is 0.246 e. The zero-order chi connectivity index (χ0) is 22.0. The van der Waals surface area contributed by atoms with Gasteiger partial charge in [0.15, 0.2) is 0 Å². The van der Waals surface area contributed by atoms with E-state index in [9.17, 15) is 14.4 Å². The van der Waals surface area contributed by atoms with Gasteiger partial charge in [-0.2, -0.15) is 0 Å². The summed E-state index contributed by atoms with van der Waals surface area (Å²) < 4.78 is 0. The van der Waals surface area contributed by atoms with Crippen molar-refractivity contribution < 1.29 is 14.4 Å². The van der Waals surface area contributed by atoms with Crippen molar-refractivity contribution in [2.45, 2.75) is 79.3 Å². The second-order valence-electron chi connectivity index (χ2n) is 8.41. The summed E-state index contributed by atoms with van der Waals surface area (Å²) in [7, 11) is 0. The molecule has 3 N–H and O–H groups in total. The Bertz CT molecular complexity index is 668. The number of nitrogens with one attached hydrogen (secondary N) is 3. The normalized spacial score (nSPS) is 13.1. The highest BCUT2D eigenvalue weighted by atomic mass is 16.2. The molecule has 3 amide bonds. The fourth-order valence-corrected chi connectivity index (χ4v) is 2.93. The lowest BCUT2D eigenvalue weighted by atomic mass is 10.0. The maximum Gasteiger partial charge on any atom is 0.246 e. The van der Waals surface area contributed by atoms with Gasteiger partial charge in [0.1, 0.15) is 12.1 Å². The van der Waals surface area contributed by atoms with Gasteiger partial charge in [-0.05, 0) is 49.3 Å². The average molecular weight is 404 g/mol. The molecular weight excluding hydrogens is 366 g/mol. The summed E-state index contributed by atoms with van der Waals surface area (Å²) in [4.78, 5) is 37.1. The van der Waals surface area contributed by atoms with Gasteiger partial charge in [-0.15, -0.1) is 0 Å². The number of carbonyl (C=O) groups is 3. The van der Waals surface area contributed by atoms with Crippen molar-refractivity contribution in [1.29, 1.82) is 0 Å². The number of benzene rings is 1. The summed E-state index contributed by atoms with van der Waals surface area (Å²) in [6, 6.07) is 6.36. The van der Waals surface area contributed by atoms with Gasteiger partial charge in [-0.3, -0.25) is 14.4 Å². The van der Waals surface area contributed by atoms with Crippen LogP contribution in [0.4, 0.5) is 5.69 Å². The lowest BCUT2D eigenvalue weighted by Crippen LogP contribution is -2.53. The molecule has 162 valence electrons. The molecule has 0 aromatic heterocycles. The lowest BCUT2D eigenvalue weighted by Gasteiger charge is -2.24. The van der Waals surface area contributed by atoms with Gasteiger partial charge in [0.25, 0.3) is 0 Å². The van der Waals surface area contributed by atoms with E-state index in [-0.39, 0.29) is 23.6 Å². The van der Waals surface area contributed by atoms with Gasteiger partial charge < -0.3 is 16.0 Å². The van der Waals surface area contributed by atoms with Crippen LogP contribution in [0.5, 0.6) is 0 Å². The van der Waals surface area contributed by atoms with Crippen LogP contribution in [0.2, 0.25) is 0 Å². The van der Waals surface area contributed by atoms with E-state index in [0.717, 1.165) is 19.3 Å². The Kier molecular flexibility index (Phi) is 10.4. The number of unbranched alkanes of at least 4 members (excludes halogenated alkanes) is 1. The van der Waals surface area contributed by atoms with Crippen LogP contribution in [0, 0.1) is 11.8 Å². The van der Waals surface area contributed by atoms with Gasteiger partial charge in [0.2, 0.25) is 17.7 Å². The second kappa shape index (κ2) is 12.2. The first kappa shape index (κ1) is 24.7. The summed E-state index contributed by atoms with van der Waals surface area (Å²) in [6.07, 6.45) is 3.09. The molecule has 1 unspecified atom stereocenters. The lowest BCUT2D eigenvalue weighted by molar-refractivity contribution is -0.131. The van der Waals surface area contributed by atoms with Crippen LogP contribution in [0.15, 0.2) is 24.3 Å². The van der Waals surface area contributed by atoms with E-state index < -0.39 is 12.1 Å². The van der Waals surface area contributed by atoms with Crippen molar-refractivity contribution in [3.63, 3.8) is 0 Å². The largest absolute Gasteiger partial charge is 0.344 e. The van der Waals surface area contributed by atoms with Gasteiger partial charge in [-0.1, -0.05) is 53.2 Å². The molecule has 0 heterocycles. The molecule has 0 aliphatic carbocycles. The van der Waals surface area contributed by atoms with Gasteiger partial charge in [0, 0.05) is 12.1 Å². The number of anilines is 1. The minimum Gasteiger partial charge on any atom is -0.344 e. The second-order valence-corrected chi connectivity index (χ2v) is 8.41. The molecule has 6 heteroatoms. The van der Waals surface area contributed by atoms with E-state index >= 15 is 0 Å². The van der Waals surface area contributed by atoms with Crippen molar-refractivity contribution in [2.75, 3.05) is 5.32 Å². The zero-order valence-electron chi connectivity index (χ0n) is 18.7. The SMILES string of the molecule is CCCCC(=O)NC(C(=O)N[C@@H](C)C(=O)Nc1ccc(CC(C)C)cc1)C(C)C. The highest BCUT2D eigenvalue weighted by molar-refractivity contribution is 5.98. The van der Waals surface area contributed by atoms with Crippen molar-refractivity contribution in [1.82, 2.24) is 10.6 Å². The molecule has 0 saturated heterocycles. The highest BCUT2D eigenvalue weighted by Crippen LogP contribution is 2.13. The highest BCUT2D eigenvalue weighted by Gasteiger charge is 2.26. The summed E-state index contributed by atoms with van der Waals surface area (Å²) in [5.41, 5.74) is 1.91. The van der Waals surface area contributed by atoms with E-state index in [2.05, 4.69) is 29.8 Å².